The van der Waals surface area contributed by atoms with Crippen LogP contribution >= 0.6 is 15.9 Å². The average molecular weight is 259 g/mol. The van der Waals surface area contributed by atoms with Gasteiger partial charge in [-0.2, -0.15) is 0 Å². The third-order valence-electron chi connectivity index (χ3n) is 1.93. The molecule has 4 N–H and O–H groups in total. The van der Waals surface area contributed by atoms with Gasteiger partial charge in [0.1, 0.15) is 5.75 Å². The van der Waals surface area contributed by atoms with Crippen LogP contribution in [0.25, 0.3) is 0 Å². The quantitative estimate of drug-likeness (QED) is 0.866. The molecule has 0 spiro atoms. The number of rotatable bonds is 4. The molecular weight excluding hydrogens is 244 g/mol. The number of ether oxygens (including phenoxy) is 1. The van der Waals surface area contributed by atoms with Gasteiger partial charge in [0.2, 0.25) is 0 Å². The Hall–Kier alpha value is -0.580. The second kappa shape index (κ2) is 5.34. The van der Waals surface area contributed by atoms with Crippen molar-refractivity contribution >= 4 is 15.9 Å². The molecule has 0 saturated heterocycles. The van der Waals surface area contributed by atoms with E-state index in [9.17, 15) is 0 Å². The molecule has 1 rings (SSSR count). The van der Waals surface area contributed by atoms with Gasteiger partial charge in [-0.15, -0.1) is 0 Å². The lowest BCUT2D eigenvalue weighted by Gasteiger charge is -2.15. The standard InChI is InChI=1S/C10H15BrN2O/c1-2-14-10-4-3-7(11)5-8(10)9(13)6-12/h3-5,9H,2,6,12-13H2,1H3/t9-/m0/s1. The van der Waals surface area contributed by atoms with E-state index in [2.05, 4.69) is 15.9 Å². The molecule has 4 heteroatoms. The van der Waals surface area contributed by atoms with Crippen molar-refractivity contribution < 1.29 is 4.74 Å². The van der Waals surface area contributed by atoms with Crippen molar-refractivity contribution in [2.24, 2.45) is 11.5 Å². The van der Waals surface area contributed by atoms with Crippen LogP contribution in [0.15, 0.2) is 22.7 Å². The fourth-order valence-corrected chi connectivity index (χ4v) is 1.60. The molecule has 0 unspecified atom stereocenters. The van der Waals surface area contributed by atoms with Crippen molar-refractivity contribution in [1.29, 1.82) is 0 Å². The Kier molecular flexibility index (Phi) is 4.38. The maximum absolute atomic E-state index is 5.87. The molecule has 0 aromatic heterocycles. The summed E-state index contributed by atoms with van der Waals surface area (Å²) >= 11 is 3.39. The van der Waals surface area contributed by atoms with Gasteiger partial charge >= 0.3 is 0 Å². The summed E-state index contributed by atoms with van der Waals surface area (Å²) in [5.41, 5.74) is 12.3. The zero-order valence-corrected chi connectivity index (χ0v) is 9.75. The Bertz CT molecular complexity index is 304. The molecule has 0 saturated carbocycles. The number of halogens is 1. The topological polar surface area (TPSA) is 61.3 Å². The van der Waals surface area contributed by atoms with Crippen LogP contribution in [0.2, 0.25) is 0 Å². The molecule has 1 aromatic carbocycles. The molecule has 0 aliphatic heterocycles. The highest BCUT2D eigenvalue weighted by Gasteiger charge is 2.10. The van der Waals surface area contributed by atoms with E-state index in [-0.39, 0.29) is 6.04 Å². The van der Waals surface area contributed by atoms with Gasteiger partial charge in [0, 0.05) is 22.6 Å². The van der Waals surface area contributed by atoms with Crippen LogP contribution in [0.1, 0.15) is 18.5 Å². The Morgan fingerprint density at radius 2 is 2.21 bits per heavy atom. The first-order valence-electron chi connectivity index (χ1n) is 4.57. The summed E-state index contributed by atoms with van der Waals surface area (Å²) < 4.78 is 6.44. The number of hydrogen-bond donors (Lipinski definition) is 2. The Balaban J connectivity index is 3.02. The van der Waals surface area contributed by atoms with Gasteiger partial charge in [-0.3, -0.25) is 0 Å². The molecule has 0 radical (unpaired) electrons. The predicted octanol–water partition coefficient (Wildman–Crippen LogP) is 1.81. The van der Waals surface area contributed by atoms with E-state index in [0.717, 1.165) is 15.8 Å². The van der Waals surface area contributed by atoms with Gasteiger partial charge in [-0.05, 0) is 25.1 Å². The van der Waals surface area contributed by atoms with Crippen LogP contribution in [0.5, 0.6) is 5.75 Å². The molecule has 0 bridgehead atoms. The Morgan fingerprint density at radius 1 is 1.50 bits per heavy atom. The van der Waals surface area contributed by atoms with Gasteiger partial charge in [-0.25, -0.2) is 0 Å². The van der Waals surface area contributed by atoms with Gasteiger partial charge in [0.25, 0.3) is 0 Å². The van der Waals surface area contributed by atoms with Crippen molar-refractivity contribution in [2.45, 2.75) is 13.0 Å². The monoisotopic (exact) mass is 258 g/mol. The summed E-state index contributed by atoms with van der Waals surface area (Å²) in [6.45, 7) is 2.99. The largest absolute Gasteiger partial charge is 0.494 e. The normalized spacial score (nSPS) is 12.6. The van der Waals surface area contributed by atoms with Gasteiger partial charge in [-0.1, -0.05) is 15.9 Å². The maximum atomic E-state index is 5.87. The van der Waals surface area contributed by atoms with Crippen molar-refractivity contribution in [3.05, 3.63) is 28.2 Å². The minimum absolute atomic E-state index is 0.172. The number of benzene rings is 1. The van der Waals surface area contributed by atoms with E-state index in [1.54, 1.807) is 0 Å². The highest BCUT2D eigenvalue weighted by molar-refractivity contribution is 9.10. The minimum atomic E-state index is -0.172. The maximum Gasteiger partial charge on any atom is 0.124 e. The van der Waals surface area contributed by atoms with Crippen LogP contribution in [0.4, 0.5) is 0 Å². The third-order valence-corrected chi connectivity index (χ3v) is 2.42. The van der Waals surface area contributed by atoms with E-state index >= 15 is 0 Å². The number of hydrogen-bond acceptors (Lipinski definition) is 3. The lowest BCUT2D eigenvalue weighted by atomic mass is 10.1. The molecule has 1 atom stereocenters. The molecule has 3 nitrogen and oxygen atoms in total. The zero-order chi connectivity index (χ0) is 10.6. The first-order valence-corrected chi connectivity index (χ1v) is 5.36. The van der Waals surface area contributed by atoms with Crippen molar-refractivity contribution in [3.63, 3.8) is 0 Å². The van der Waals surface area contributed by atoms with Gasteiger partial charge in [0.05, 0.1) is 6.61 Å². The highest BCUT2D eigenvalue weighted by atomic mass is 79.9. The summed E-state index contributed by atoms with van der Waals surface area (Å²) in [6.07, 6.45) is 0. The van der Waals surface area contributed by atoms with Gasteiger partial charge in [0.15, 0.2) is 0 Å². The minimum Gasteiger partial charge on any atom is -0.494 e. The molecule has 78 valence electrons. The zero-order valence-electron chi connectivity index (χ0n) is 8.16. The second-order valence-corrected chi connectivity index (χ2v) is 3.87. The highest BCUT2D eigenvalue weighted by Crippen LogP contribution is 2.27. The van der Waals surface area contributed by atoms with E-state index in [4.69, 9.17) is 16.2 Å². The van der Waals surface area contributed by atoms with E-state index in [1.807, 2.05) is 25.1 Å². The lowest BCUT2D eigenvalue weighted by molar-refractivity contribution is 0.334. The van der Waals surface area contributed by atoms with Crippen LogP contribution in [-0.2, 0) is 0 Å². The van der Waals surface area contributed by atoms with Crippen LogP contribution in [0.3, 0.4) is 0 Å². The van der Waals surface area contributed by atoms with Gasteiger partial charge < -0.3 is 16.2 Å². The van der Waals surface area contributed by atoms with Crippen molar-refractivity contribution in [3.8, 4) is 5.75 Å². The fourth-order valence-electron chi connectivity index (χ4n) is 1.22. The predicted molar refractivity (Wildman–Crippen MR) is 61.3 cm³/mol. The van der Waals surface area contributed by atoms with Crippen LogP contribution in [0, 0.1) is 0 Å². The summed E-state index contributed by atoms with van der Waals surface area (Å²) in [6, 6.07) is 5.60. The summed E-state index contributed by atoms with van der Waals surface area (Å²) in [5.74, 6) is 0.814. The summed E-state index contributed by atoms with van der Waals surface area (Å²) in [5, 5.41) is 0. The molecule has 1 aromatic rings. The molecule has 0 aliphatic carbocycles. The molecular formula is C10H15BrN2O. The van der Waals surface area contributed by atoms with Crippen molar-refractivity contribution in [2.75, 3.05) is 13.2 Å². The Labute approximate surface area is 92.6 Å². The van der Waals surface area contributed by atoms with Crippen LogP contribution < -0.4 is 16.2 Å². The molecule has 0 heterocycles. The summed E-state index contributed by atoms with van der Waals surface area (Å²) in [7, 11) is 0. The second-order valence-electron chi connectivity index (χ2n) is 2.96. The van der Waals surface area contributed by atoms with E-state index in [0.29, 0.717) is 13.2 Å². The summed E-state index contributed by atoms with van der Waals surface area (Å²) in [4.78, 5) is 0. The first kappa shape index (κ1) is 11.5. The van der Waals surface area contributed by atoms with Crippen LogP contribution in [-0.4, -0.2) is 13.2 Å². The fraction of sp³-hybridized carbons (Fsp3) is 0.400. The third kappa shape index (κ3) is 2.70. The smallest absolute Gasteiger partial charge is 0.124 e. The van der Waals surface area contributed by atoms with E-state index < -0.39 is 0 Å². The van der Waals surface area contributed by atoms with E-state index in [1.165, 1.54) is 0 Å². The Morgan fingerprint density at radius 3 is 2.79 bits per heavy atom. The molecule has 0 aliphatic rings. The average Bonchev–Trinajstić information content (AvgIpc) is 2.20. The molecule has 0 fully saturated rings. The first-order chi connectivity index (χ1) is 6.69. The van der Waals surface area contributed by atoms with Crippen molar-refractivity contribution in [1.82, 2.24) is 0 Å². The molecule has 14 heavy (non-hydrogen) atoms. The lowest BCUT2D eigenvalue weighted by Crippen LogP contribution is -2.21. The number of nitrogens with two attached hydrogens (primary N) is 2. The molecule has 0 amide bonds. The SMILES string of the molecule is CCOc1ccc(Br)cc1[C@@H](N)CN.